The van der Waals surface area contributed by atoms with Crippen LogP contribution >= 0.6 is 15.9 Å². The molecule has 4 heterocycles. The summed E-state index contributed by atoms with van der Waals surface area (Å²) < 4.78 is 29.8. The van der Waals surface area contributed by atoms with Crippen molar-refractivity contribution >= 4 is 116 Å². The van der Waals surface area contributed by atoms with Gasteiger partial charge in [0.2, 0.25) is 47.3 Å². The minimum Gasteiger partial charge on any atom is -0.480 e. The number of nitrogens with zero attached hydrogens (tertiary/aromatic N) is 9. The van der Waals surface area contributed by atoms with Crippen molar-refractivity contribution in [2.45, 2.75) is 298 Å². The van der Waals surface area contributed by atoms with Crippen LogP contribution in [0.2, 0.25) is 0 Å². The molecule has 2 saturated heterocycles. The van der Waals surface area contributed by atoms with Crippen LogP contribution in [0.15, 0.2) is 107 Å². The Morgan fingerprint density at radius 1 is 0.479 bits per heavy atom. The highest BCUT2D eigenvalue weighted by Gasteiger charge is 2.48. The number of hydrogen-bond donors (Lipinski definition) is 4. The third kappa shape index (κ3) is 33.1. The SMILES string of the molecule is CC[C@@H](C)[C@@H]([C@@H](CC(=O)N1CCC[C@H]1[C@H](OC)[C@@H](C)C(=O)N[C@@H](Cc1ccccc1)C(=O)O)OC)N(C)C(=O)[C@@H](CC(=O)[C@H](C(C)C)N(C)C(=O)CCCCCN1C(=O)C=C(Br)C1=O)C(C)C.[C-]#[N+]c1ccc(OC2=CC(=O)N(CCCCCC(=O)N(C)[C@H](C(=O)C[C@H](C(=O)N(C)[C@@H]([C@H](C)CC)[C@@H](CC(=O)N3CCC[C@H]3[C@H](OC)[C@@H](C)C(=O)N[C@@H](Cc3ccccc3)C(=O)O)OC)C(C)C)C(C)C)C2=O)cc1. The average Bonchev–Trinajstić information content (AvgIpc) is 1.14. The van der Waals surface area contributed by atoms with Crippen molar-refractivity contribution in [1.82, 2.24) is 49.8 Å². The Kier molecular flexibility index (Phi) is 49.0. The fraction of sp³-hybridized carbons (Fsp3) is 0.636. The van der Waals surface area contributed by atoms with E-state index in [1.807, 2.05) is 95.2 Å². The predicted molar refractivity (Wildman–Crippen MR) is 539 cm³/mol. The molecule has 34 nitrogen and oxygen atoms in total. The van der Waals surface area contributed by atoms with Crippen LogP contribution in [0.4, 0.5) is 5.69 Å². The fourth-order valence-corrected chi connectivity index (χ4v) is 20.5. The van der Waals surface area contributed by atoms with E-state index < -0.39 is 132 Å². The molecule has 4 aliphatic rings. The van der Waals surface area contributed by atoms with E-state index in [2.05, 4.69) is 31.4 Å². The van der Waals surface area contributed by atoms with Crippen molar-refractivity contribution in [3.05, 3.63) is 130 Å². The zero-order valence-corrected chi connectivity index (χ0v) is 88.9. The molecule has 0 unspecified atom stereocenters. The van der Waals surface area contributed by atoms with Crippen molar-refractivity contribution in [2.24, 2.45) is 59.2 Å². The van der Waals surface area contributed by atoms with Gasteiger partial charge in [-0.15, -0.1) is 0 Å². The Balaban J connectivity index is 0.000000438. The second-order valence-corrected chi connectivity index (χ2v) is 40.6. The maximum atomic E-state index is 14.7. The summed E-state index contributed by atoms with van der Waals surface area (Å²) in [5.74, 6) is -11.1. The van der Waals surface area contributed by atoms with Crippen LogP contribution in [0.3, 0.4) is 0 Å². The van der Waals surface area contributed by atoms with E-state index in [1.165, 1.54) is 49.2 Å². The number of imide groups is 2. The highest BCUT2D eigenvalue weighted by atomic mass is 79.9. The molecule has 0 radical (unpaired) electrons. The van der Waals surface area contributed by atoms with Crippen molar-refractivity contribution in [2.75, 3.05) is 82.8 Å². The number of methoxy groups -OCH3 is 4. The first-order valence-corrected chi connectivity index (χ1v) is 50.9. The molecule has 7 rings (SSSR count). The zero-order valence-electron chi connectivity index (χ0n) is 87.3. The molecule has 3 aromatic carbocycles. The van der Waals surface area contributed by atoms with Crippen LogP contribution < -0.4 is 15.4 Å². The van der Waals surface area contributed by atoms with Crippen LogP contribution in [-0.2, 0) is 109 Å². The summed E-state index contributed by atoms with van der Waals surface area (Å²) in [6.07, 6.45) is 6.49. The van der Waals surface area contributed by atoms with Gasteiger partial charge >= 0.3 is 11.9 Å². The van der Waals surface area contributed by atoms with Crippen molar-refractivity contribution < 1.29 is 111 Å². The molecule has 18 atom stereocenters. The molecule has 0 spiro atoms. The molecule has 12 amide bonds. The smallest absolute Gasteiger partial charge is 0.326 e. The van der Waals surface area contributed by atoms with E-state index in [1.54, 1.807) is 134 Å². The lowest BCUT2D eigenvalue weighted by atomic mass is 9.83. The topological polar surface area (TPSA) is 414 Å². The van der Waals surface area contributed by atoms with Crippen LogP contribution in [0.5, 0.6) is 5.75 Å². The molecular formula is C107H156BrN11O23. The molecule has 0 saturated carbocycles. The van der Waals surface area contributed by atoms with Crippen molar-refractivity contribution in [3.63, 3.8) is 0 Å². The maximum Gasteiger partial charge on any atom is 0.326 e. The number of likely N-dealkylation sites (N-methyl/N-ethyl adjacent to an activating group) is 4. The van der Waals surface area contributed by atoms with E-state index in [9.17, 15) is 86.9 Å². The van der Waals surface area contributed by atoms with Gasteiger partial charge in [0, 0.05) is 139 Å². The average molecular weight is 2040 g/mol. The predicted octanol–water partition coefficient (Wildman–Crippen LogP) is 12.5. The van der Waals surface area contributed by atoms with E-state index in [-0.39, 0.29) is 169 Å². The molecule has 0 aromatic heterocycles. The number of amides is 12. The number of ketones is 2. The molecule has 0 aliphatic carbocycles. The molecule has 2 fully saturated rings. The molecule has 0 bridgehead atoms. The summed E-state index contributed by atoms with van der Waals surface area (Å²) in [4.78, 5) is 230. The van der Waals surface area contributed by atoms with Crippen LogP contribution in [0.1, 0.15) is 224 Å². The van der Waals surface area contributed by atoms with Gasteiger partial charge in [0.15, 0.2) is 23.0 Å². The monoisotopic (exact) mass is 2040 g/mol. The van der Waals surface area contributed by atoms with E-state index in [0.29, 0.717) is 102 Å². The Hall–Kier alpha value is -10.9. The number of benzene rings is 3. The van der Waals surface area contributed by atoms with Gasteiger partial charge in [-0.05, 0) is 126 Å². The van der Waals surface area contributed by atoms with Gasteiger partial charge in [-0.1, -0.05) is 195 Å². The fourth-order valence-electron chi connectivity index (χ4n) is 20.1. The number of ether oxygens (including phenoxy) is 5. The third-order valence-electron chi connectivity index (χ3n) is 28.6. The molecule has 3 aromatic rings. The number of unbranched alkanes of at least 4 members (excludes halogenated alkanes) is 4. The van der Waals surface area contributed by atoms with Gasteiger partial charge in [-0.3, -0.25) is 76.9 Å². The molecule has 142 heavy (non-hydrogen) atoms. The number of likely N-dealkylation sites (tertiary alicyclic amines) is 2. The molecule has 4 N–H and O–H groups in total. The number of nitrogens with one attached hydrogen (secondary N) is 2. The van der Waals surface area contributed by atoms with Gasteiger partial charge in [0.25, 0.3) is 23.6 Å². The van der Waals surface area contributed by atoms with Gasteiger partial charge in [0.1, 0.15) is 17.8 Å². The summed E-state index contributed by atoms with van der Waals surface area (Å²) in [7, 11) is 12.6. The first-order chi connectivity index (χ1) is 67.2. The zero-order chi connectivity index (χ0) is 106. The molecular weight excluding hydrogens is 1890 g/mol. The number of carbonyl (C=O) groups excluding carboxylic acids is 14. The quantitative estimate of drug-likeness (QED) is 0.0232. The third-order valence-corrected chi connectivity index (χ3v) is 29.2. The largest absolute Gasteiger partial charge is 0.480 e. The summed E-state index contributed by atoms with van der Waals surface area (Å²) in [6, 6.07) is 18.3. The van der Waals surface area contributed by atoms with Gasteiger partial charge in [-0.25, -0.2) is 14.4 Å². The van der Waals surface area contributed by atoms with Gasteiger partial charge < -0.3 is 73.9 Å². The second kappa shape index (κ2) is 58.1. The Morgan fingerprint density at radius 2 is 0.852 bits per heavy atom. The summed E-state index contributed by atoms with van der Waals surface area (Å²) >= 11 is 3.09. The number of carboxylic acid groups (broad SMARTS) is 2. The van der Waals surface area contributed by atoms with E-state index >= 15 is 0 Å². The first-order valence-electron chi connectivity index (χ1n) is 50.1. The summed E-state index contributed by atoms with van der Waals surface area (Å²) in [5, 5.41) is 25.3. The molecule has 4 aliphatic heterocycles. The van der Waals surface area contributed by atoms with Crippen LogP contribution in [-0.4, -0.2) is 299 Å². The van der Waals surface area contributed by atoms with E-state index in [4.69, 9.17) is 30.3 Å². The Morgan fingerprint density at radius 3 is 1.18 bits per heavy atom. The number of Topliss-reactive ketones (excluding diaryl/α,β-unsaturated/α-hetero) is 2. The van der Waals surface area contributed by atoms with Crippen LogP contribution in [0.25, 0.3) is 4.85 Å². The first kappa shape index (κ1) is 120. The lowest BCUT2D eigenvalue weighted by molar-refractivity contribution is -0.150. The van der Waals surface area contributed by atoms with Crippen molar-refractivity contribution in [3.8, 4) is 5.75 Å². The van der Waals surface area contributed by atoms with Crippen molar-refractivity contribution in [1.29, 1.82) is 0 Å². The van der Waals surface area contributed by atoms with Gasteiger partial charge in [0.05, 0.1) is 102 Å². The number of carbonyl (C=O) groups is 16. The lowest BCUT2D eigenvalue weighted by Gasteiger charge is -2.41. The number of halogens is 1. The minimum absolute atomic E-state index is 0.0636. The maximum absolute atomic E-state index is 14.7. The number of aliphatic carboxylic acids is 2. The standard InChI is InChI=1S/C57H80N6O12.C50H76BrN5O11/c1-13-37(6)52(46(73-11)33-49(66)62-30-20-23-44(62)53(74-12)38(7)54(68)59-43(57(71)72)31-39-21-16-14-17-22-39)61(10)55(69)42(35(2)3)32-45(64)51(36(4)5)60(9)48(65)24-18-15-19-29-63-50(67)34-47(56(63)70)75-41-27-25-40(58-8)26-28-41;1-12-32(6)45(40(66-10)29-43(60)55-25-19-22-38(55)46(67-11)33(7)47(61)52-37(50(64)65)26-34-20-15-13-16-21-34)54(9)48(62)35(30(2)3)27-39(57)44(31(4)5)53(8)41(58)23-17-14-18-24-56-42(59)28-36(51)49(56)63/h14,16-17,21-22,25-28,34-38,42-44,46,51-53H,13,15,18-20,23-24,29-33H2,1-7,9-12H3,(H,59,68)(H,71,72);13,15-16,20-21,28,30-33,35,37-38,40,44-46H,12,14,17-19,22-27,29H2,1-11H3,(H,52,61)(H,64,65)/t37-,38-,42+,43+,44+,46-,51+,52+,53-;32-,33-,35+,37+,38+,40-,44+,45+,46-/m11/s1. The molecule has 35 heteroatoms. The minimum atomic E-state index is -1.17. The van der Waals surface area contributed by atoms with E-state index in [0.717, 1.165) is 22.1 Å². The number of rotatable bonds is 58. The van der Waals surface area contributed by atoms with Crippen LogP contribution in [0, 0.1) is 65.8 Å². The van der Waals surface area contributed by atoms with Gasteiger partial charge in [-0.2, -0.15) is 0 Å². The lowest BCUT2D eigenvalue weighted by Crippen LogP contribution is -2.55. The number of hydrogen-bond acceptors (Lipinski definition) is 21. The Bertz CT molecular complexity index is 4870. The second-order valence-electron chi connectivity index (χ2n) is 39.7. The highest BCUT2D eigenvalue weighted by Crippen LogP contribution is 2.36. The normalized spacial score (nSPS) is 18.3. The Labute approximate surface area is 847 Å². The summed E-state index contributed by atoms with van der Waals surface area (Å²) in [5.41, 5.74) is 1.94. The highest BCUT2D eigenvalue weighted by molar-refractivity contribution is 9.12. The number of carboxylic acids is 2. The molecule has 784 valence electrons. The summed E-state index contributed by atoms with van der Waals surface area (Å²) in [6.45, 7) is 34.7.